The molecule has 0 radical (unpaired) electrons. The van der Waals surface area contributed by atoms with Crippen molar-refractivity contribution in [1.82, 2.24) is 0 Å². The topological polar surface area (TPSA) is 0 Å². The van der Waals surface area contributed by atoms with E-state index in [4.69, 9.17) is 0 Å². The van der Waals surface area contributed by atoms with E-state index in [2.05, 4.69) is 20.7 Å². The molecule has 0 bridgehead atoms. The van der Waals surface area contributed by atoms with Crippen LogP contribution in [0.2, 0.25) is 0 Å². The van der Waals surface area contributed by atoms with Crippen LogP contribution in [0.4, 0.5) is 0 Å². The molecule has 0 heterocycles. The van der Waals surface area contributed by atoms with Gasteiger partial charge in [0.25, 0.3) is 0 Å². The van der Waals surface area contributed by atoms with Crippen molar-refractivity contribution >= 4 is 20.7 Å². The molecule has 0 spiro atoms. The van der Waals surface area contributed by atoms with E-state index in [1.165, 1.54) is 0 Å². The van der Waals surface area contributed by atoms with E-state index >= 15 is 0 Å². The molecule has 0 saturated carbocycles. The van der Waals surface area contributed by atoms with Gasteiger partial charge in [0.2, 0.25) is 0 Å². The molecule has 0 unspecified atom stereocenters. The molecule has 0 amide bonds. The second-order valence-electron chi connectivity index (χ2n) is 0.212. The molecule has 0 fully saturated rings. The van der Waals surface area contributed by atoms with Gasteiger partial charge in [-0.3, -0.25) is 0 Å². The molecule has 0 aromatic rings. The summed E-state index contributed by atoms with van der Waals surface area (Å²) in [6.07, 6.45) is 0. The first-order valence-corrected chi connectivity index (χ1v) is 8.42. The summed E-state index contributed by atoms with van der Waals surface area (Å²) in [5.74, 6) is 0. The van der Waals surface area contributed by atoms with Crippen molar-refractivity contribution in [1.29, 1.82) is 0 Å². The van der Waals surface area contributed by atoms with Crippen LogP contribution < -0.4 is 0 Å². The number of hydrogen-bond acceptors (Lipinski definition) is 0. The van der Waals surface area contributed by atoms with E-state index in [-0.39, 0.29) is 16.5 Å². The Morgan fingerprint density at radius 1 is 1.00 bits per heavy atom. The fourth-order valence-electron chi connectivity index (χ4n) is 0. The molecule has 0 aliphatic carbocycles. The van der Waals surface area contributed by atoms with Crippen LogP contribution in [0.15, 0.2) is 0 Å². The predicted molar refractivity (Wildman–Crippen MR) is 20.8 cm³/mol. The molecule has 0 aliphatic rings. The number of hydrogen-bond donors (Lipinski definition) is 0. The van der Waals surface area contributed by atoms with Crippen molar-refractivity contribution in [2.45, 2.75) is 0 Å². The third-order valence-electron chi connectivity index (χ3n) is 0. The van der Waals surface area contributed by atoms with Gasteiger partial charge in [0.15, 0.2) is 0 Å². The molecule has 0 aliphatic heterocycles. The fraction of sp³-hybridized carbons (Fsp3) is 0. The molecule has 0 atom stereocenters. The normalized spacial score (nSPS) is 4.20. The summed E-state index contributed by atoms with van der Waals surface area (Å²) >= 11 is -1.09. The van der Waals surface area contributed by atoms with Crippen LogP contribution in [0.25, 0.3) is 0 Å². The van der Waals surface area contributed by atoms with Gasteiger partial charge in [0.05, 0.1) is 0 Å². The van der Waals surface area contributed by atoms with Crippen molar-refractivity contribution < 1.29 is 28.9 Å². The Hall–Kier alpha value is 2.41. The summed E-state index contributed by atoms with van der Waals surface area (Å²) in [7, 11) is 0. The first-order valence-electron chi connectivity index (χ1n) is 0.474. The Labute approximate surface area is 49.5 Å². The Morgan fingerprint density at radius 2 is 1.00 bits per heavy atom. The minimum atomic E-state index is -1.09. The van der Waals surface area contributed by atoms with Gasteiger partial charge in [-0.1, -0.05) is 0 Å². The van der Waals surface area contributed by atoms with Crippen molar-refractivity contribution in [2.24, 2.45) is 0 Å². The monoisotopic (exact) mass is 253 g/mol. The van der Waals surface area contributed by atoms with Gasteiger partial charge in [-0.25, -0.2) is 0 Å². The van der Waals surface area contributed by atoms with Crippen LogP contribution in [-0.4, -0.2) is 0 Å². The van der Waals surface area contributed by atoms with E-state index in [1.54, 1.807) is 0 Å². The quantitative estimate of drug-likeness (QED) is 0.459. The molecule has 5 heteroatoms. The van der Waals surface area contributed by atoms with Gasteiger partial charge < -0.3 is 0 Å². The molecule has 0 saturated heterocycles. The molecular formula is NiP3Ru. The zero-order valence-electron chi connectivity index (χ0n) is 2.01. The van der Waals surface area contributed by atoms with E-state index in [0.717, 1.165) is 0 Å². The van der Waals surface area contributed by atoms with E-state index in [0.29, 0.717) is 0 Å². The minimum absolute atomic E-state index is 0. The zero-order chi connectivity index (χ0) is 3.58. The van der Waals surface area contributed by atoms with Gasteiger partial charge in [0.1, 0.15) is 0 Å². The molecule has 0 rings (SSSR count). The molecule has 5 heavy (non-hydrogen) atoms. The summed E-state index contributed by atoms with van der Waals surface area (Å²) in [6.45, 7) is 11.5. The van der Waals surface area contributed by atoms with Crippen molar-refractivity contribution in [3.8, 4) is 0 Å². The zero-order valence-corrected chi connectivity index (χ0v) is 7.42. The third kappa shape index (κ3) is 21.5. The van der Waals surface area contributed by atoms with Crippen molar-refractivity contribution in [3.05, 3.63) is 0 Å². The van der Waals surface area contributed by atoms with Gasteiger partial charge in [-0.2, -0.15) is 0 Å². The standard InChI is InChI=1S/Ni.3P.Ru. The van der Waals surface area contributed by atoms with Crippen LogP contribution in [0.5, 0.6) is 0 Å². The van der Waals surface area contributed by atoms with Gasteiger partial charge in [-0.05, 0) is 0 Å². The third-order valence-corrected chi connectivity index (χ3v) is 0. The summed E-state index contributed by atoms with van der Waals surface area (Å²) in [4.78, 5) is 0. The molecule has 0 aromatic heterocycles. The van der Waals surface area contributed by atoms with Crippen LogP contribution in [0.3, 0.4) is 0 Å². The van der Waals surface area contributed by atoms with Crippen LogP contribution in [0.1, 0.15) is 0 Å². The maximum absolute atomic E-state index is 3.84. The van der Waals surface area contributed by atoms with Crippen molar-refractivity contribution in [2.75, 3.05) is 0 Å². The predicted octanol–water partition coefficient (Wildman–Crippen LogP) is 2.58. The van der Waals surface area contributed by atoms with Crippen LogP contribution in [-0.2, 0) is 28.9 Å². The molecule has 33 valence electrons. The van der Waals surface area contributed by atoms with Crippen LogP contribution in [0, 0.1) is 0 Å². The average molecular weight is 253 g/mol. The van der Waals surface area contributed by atoms with Gasteiger partial charge in [-0.15, -0.1) is 0 Å². The van der Waals surface area contributed by atoms with E-state index < -0.39 is 12.4 Å². The Bertz CT molecular complexity index is 222. The molecule has 0 nitrogen and oxygen atoms in total. The Kier molecular flexibility index (Phi) is 13.3. The molecule has 0 N–H and O–H groups in total. The second kappa shape index (κ2) is 6.41. The first-order chi connectivity index (χ1) is 1.73. The first kappa shape index (κ1) is 10.4. The van der Waals surface area contributed by atoms with Crippen molar-refractivity contribution in [3.63, 3.8) is 0 Å². The Morgan fingerprint density at radius 3 is 1.00 bits per heavy atom. The van der Waals surface area contributed by atoms with Gasteiger partial charge >= 0.3 is 33.1 Å². The van der Waals surface area contributed by atoms with Crippen LogP contribution >= 0.6 is 20.7 Å². The average Bonchev–Trinajstić information content (AvgIpc) is 0.811. The van der Waals surface area contributed by atoms with E-state index in [1.807, 2.05) is 0 Å². The summed E-state index contributed by atoms with van der Waals surface area (Å²) in [5.41, 5.74) is 0. The van der Waals surface area contributed by atoms with E-state index in [9.17, 15) is 0 Å². The van der Waals surface area contributed by atoms with Gasteiger partial charge in [0, 0.05) is 16.5 Å². The SMILES string of the molecule is [Ni].[P]#[Ru](#[P])#[P]. The summed E-state index contributed by atoms with van der Waals surface area (Å²) in [6, 6.07) is 0. The fourth-order valence-corrected chi connectivity index (χ4v) is 0. The Balaban J connectivity index is 0. The maximum atomic E-state index is 3.84. The molecule has 0 aromatic carbocycles. The number of rotatable bonds is 0. The summed E-state index contributed by atoms with van der Waals surface area (Å²) < 4.78 is 0. The second-order valence-corrected chi connectivity index (χ2v) is 11.3. The molecular weight excluding hydrogens is 253 g/mol. The summed E-state index contributed by atoms with van der Waals surface area (Å²) in [5, 5.41) is 0.